The number of ether oxygens (including phenoxy) is 3. The lowest BCUT2D eigenvalue weighted by molar-refractivity contribution is -0.384. The highest BCUT2D eigenvalue weighted by Gasteiger charge is 2.34. The molecule has 0 bridgehead atoms. The fourth-order valence-corrected chi connectivity index (χ4v) is 6.97. The van der Waals surface area contributed by atoms with Crippen LogP contribution in [0.5, 0.6) is 5.75 Å². The maximum absolute atomic E-state index is 14.0. The van der Waals surface area contributed by atoms with Crippen LogP contribution in [0.4, 0.5) is 10.5 Å². The molecule has 3 N–H and O–H groups in total. The number of rotatable bonds is 33. The second kappa shape index (κ2) is 30.5. The Morgan fingerprint density at radius 1 is 0.725 bits per heavy atom. The average molecular weight is 963 g/mol. The summed E-state index contributed by atoms with van der Waals surface area (Å²) in [5, 5.41) is 18.7. The van der Waals surface area contributed by atoms with Gasteiger partial charge in [-0.3, -0.25) is 43.7 Å². The molecule has 0 aromatic heterocycles. The Morgan fingerprint density at radius 3 is 1.94 bits per heavy atom. The normalized spacial score (nSPS) is 13.0. The zero-order valence-electron chi connectivity index (χ0n) is 40.3. The van der Waals surface area contributed by atoms with E-state index in [4.69, 9.17) is 14.2 Å². The summed E-state index contributed by atoms with van der Waals surface area (Å²) in [6, 6.07) is 8.40. The molecule has 0 saturated carbocycles. The van der Waals surface area contributed by atoms with Gasteiger partial charge in [-0.15, -0.1) is 0 Å². The number of carbonyl (C=O) groups is 10. The van der Waals surface area contributed by atoms with Gasteiger partial charge in [0.2, 0.25) is 17.7 Å². The van der Waals surface area contributed by atoms with Gasteiger partial charge in [-0.25, -0.2) is 4.79 Å². The van der Waals surface area contributed by atoms with Crippen molar-refractivity contribution in [3.8, 4) is 5.75 Å². The number of nitrogens with one attached hydrogen (secondary N) is 3. The minimum absolute atomic E-state index is 0.0304. The number of amides is 3. The minimum atomic E-state index is -1.41. The third-order valence-electron chi connectivity index (χ3n) is 11.0. The Bertz CT molecular complexity index is 2140. The molecule has 19 heteroatoms. The third kappa shape index (κ3) is 22.6. The van der Waals surface area contributed by atoms with Crippen LogP contribution in [0, 0.1) is 33.8 Å². The average Bonchev–Trinajstić information content (AvgIpc) is 3.29. The molecule has 0 saturated heterocycles. The number of hydrogen-bond donors (Lipinski definition) is 3. The predicted molar refractivity (Wildman–Crippen MR) is 251 cm³/mol. The molecule has 19 nitrogen and oxygen atoms in total. The molecule has 2 aromatic carbocycles. The van der Waals surface area contributed by atoms with Gasteiger partial charge >= 0.3 is 12.1 Å². The largest absolute Gasteiger partial charge is 0.514 e. The van der Waals surface area contributed by atoms with Crippen LogP contribution >= 0.6 is 0 Å². The number of hydrogen-bond acceptors (Lipinski definition) is 15. The molecule has 0 heterocycles. The first-order chi connectivity index (χ1) is 32.6. The van der Waals surface area contributed by atoms with Gasteiger partial charge < -0.3 is 39.8 Å². The summed E-state index contributed by atoms with van der Waals surface area (Å²) in [6.07, 6.45) is 1.43. The van der Waals surface area contributed by atoms with Crippen LogP contribution in [-0.2, 0) is 65.7 Å². The predicted octanol–water partition coefficient (Wildman–Crippen LogP) is 6.00. The molecular formula is C50H66N4O15. The Morgan fingerprint density at radius 2 is 1.36 bits per heavy atom. The highest BCUT2D eigenvalue weighted by atomic mass is 16.7. The minimum Gasteiger partial charge on any atom is -0.461 e. The van der Waals surface area contributed by atoms with Crippen molar-refractivity contribution < 1.29 is 67.1 Å². The van der Waals surface area contributed by atoms with Crippen LogP contribution in [0.25, 0.3) is 0 Å². The summed E-state index contributed by atoms with van der Waals surface area (Å²) in [5.41, 5.74) is 0.794. The number of benzene rings is 2. The van der Waals surface area contributed by atoms with Crippen LogP contribution in [-0.4, -0.2) is 88.9 Å². The lowest BCUT2D eigenvalue weighted by Crippen LogP contribution is -2.49. The Balaban J connectivity index is 2.20. The first-order valence-electron chi connectivity index (χ1n) is 23.0. The number of unbranched alkanes of at least 4 members (excludes halogenated alkanes) is 2. The quantitative estimate of drug-likeness (QED) is 0.0185. The van der Waals surface area contributed by atoms with E-state index in [9.17, 15) is 58.1 Å². The van der Waals surface area contributed by atoms with Gasteiger partial charge in [0.05, 0.1) is 35.9 Å². The number of nitrogens with zero attached hydrogens (tertiary/aromatic N) is 1. The summed E-state index contributed by atoms with van der Waals surface area (Å²) in [4.78, 5) is 141. The molecule has 376 valence electrons. The van der Waals surface area contributed by atoms with Crippen molar-refractivity contribution in [2.75, 3.05) is 13.2 Å². The topological polar surface area (TPSA) is 278 Å². The first kappa shape index (κ1) is 58.2. The van der Waals surface area contributed by atoms with Crippen LogP contribution in [0.15, 0.2) is 61.2 Å². The van der Waals surface area contributed by atoms with Gasteiger partial charge in [0.25, 0.3) is 5.69 Å². The standard InChI is InChI=1S/C50H66N4O15/c1-8-10-11-12-32(5)47(61)51-29-39(57)26-37(24-34(7)56)48(62)52-42(22-13-33(6)55)45(59)27-41(31(3)4)49(63)53-43(28-46(60)67-23-9-2)44(58)25-35-14-16-36(17-15-35)30-68-50(64)69-40-20-18-38(19-21-40)54(65)66/h9,14-21,31-32,37,41-43H,2,8,10-13,22-30H2,1,3-7H3,(H,51,61)(H,52,62)(H,53,63)/t32-,37+,41-,42-,43-/m0/s1. The second-order valence-electron chi connectivity index (χ2n) is 17.4. The molecule has 5 atom stereocenters. The van der Waals surface area contributed by atoms with Crippen molar-refractivity contribution >= 4 is 64.4 Å². The highest BCUT2D eigenvalue weighted by Crippen LogP contribution is 2.22. The molecular weight excluding hydrogens is 897 g/mol. The summed E-state index contributed by atoms with van der Waals surface area (Å²) < 4.78 is 15.3. The molecule has 0 unspecified atom stereocenters. The van der Waals surface area contributed by atoms with E-state index < -0.39 is 101 Å². The summed E-state index contributed by atoms with van der Waals surface area (Å²) in [6.45, 7) is 12.4. The Hall–Kier alpha value is -6.92. The van der Waals surface area contributed by atoms with Crippen LogP contribution < -0.4 is 20.7 Å². The molecule has 2 rings (SSSR count). The van der Waals surface area contributed by atoms with E-state index in [1.54, 1.807) is 45.0 Å². The molecule has 0 radical (unpaired) electrons. The van der Waals surface area contributed by atoms with E-state index in [1.165, 1.54) is 32.1 Å². The summed E-state index contributed by atoms with van der Waals surface area (Å²) >= 11 is 0. The zero-order chi connectivity index (χ0) is 51.6. The lowest BCUT2D eigenvalue weighted by Gasteiger charge is -2.26. The number of non-ortho nitro benzene ring substituents is 1. The Kier molecular flexibility index (Phi) is 25.7. The van der Waals surface area contributed by atoms with E-state index >= 15 is 0 Å². The molecule has 0 aliphatic carbocycles. The van der Waals surface area contributed by atoms with E-state index in [2.05, 4.69) is 22.5 Å². The molecule has 0 spiro atoms. The third-order valence-corrected chi connectivity index (χ3v) is 11.0. The number of nitro benzene ring substituents is 1. The summed E-state index contributed by atoms with van der Waals surface area (Å²) in [7, 11) is 0. The molecule has 69 heavy (non-hydrogen) atoms. The fourth-order valence-electron chi connectivity index (χ4n) is 6.97. The summed E-state index contributed by atoms with van der Waals surface area (Å²) in [5.74, 6) is -8.17. The first-order valence-corrected chi connectivity index (χ1v) is 23.0. The van der Waals surface area contributed by atoms with Crippen molar-refractivity contribution in [1.82, 2.24) is 16.0 Å². The molecule has 0 fully saturated rings. The number of carbonyl (C=O) groups excluding carboxylic acids is 10. The zero-order valence-corrected chi connectivity index (χ0v) is 40.3. The van der Waals surface area contributed by atoms with E-state index in [-0.39, 0.29) is 74.5 Å². The molecule has 2 aromatic rings. The fraction of sp³-hybridized carbons (Fsp3) is 0.520. The van der Waals surface area contributed by atoms with E-state index in [1.807, 2.05) is 6.92 Å². The SMILES string of the molecule is C=CCOC(=O)C[C@H](NC(=O)[C@@H](CC(=O)[C@H](CCC(C)=O)NC(=O)[C@H](CC(C)=O)CC(=O)CNC(=O)[C@@H](C)CCCCC)C(C)C)C(=O)Cc1ccc(COC(=O)Oc2ccc([N+](=O)[O-])cc2)cc1. The van der Waals surface area contributed by atoms with Gasteiger partial charge in [0, 0.05) is 56.1 Å². The van der Waals surface area contributed by atoms with Crippen molar-refractivity contribution in [1.29, 1.82) is 0 Å². The maximum atomic E-state index is 14.0. The number of ketones is 5. The number of Topliss-reactive ketones (excluding diaryl/α,β-unsaturated/α-hetero) is 5. The molecule has 3 amide bonds. The molecule has 0 aliphatic heterocycles. The van der Waals surface area contributed by atoms with Gasteiger partial charge in [-0.1, -0.05) is 83.9 Å². The van der Waals surface area contributed by atoms with Crippen molar-refractivity contribution in [2.24, 2.45) is 23.7 Å². The van der Waals surface area contributed by atoms with E-state index in [0.29, 0.717) is 17.5 Å². The van der Waals surface area contributed by atoms with Crippen molar-refractivity contribution in [3.63, 3.8) is 0 Å². The van der Waals surface area contributed by atoms with Gasteiger partial charge in [-0.05, 0) is 55.9 Å². The number of esters is 1. The second-order valence-corrected chi connectivity index (χ2v) is 17.4. The maximum Gasteiger partial charge on any atom is 0.514 e. The van der Waals surface area contributed by atoms with Crippen LogP contribution in [0.2, 0.25) is 0 Å². The highest BCUT2D eigenvalue weighted by molar-refractivity contribution is 5.98. The van der Waals surface area contributed by atoms with Gasteiger partial charge in [0.15, 0.2) is 17.3 Å². The number of nitro groups is 1. The van der Waals surface area contributed by atoms with Crippen LogP contribution in [0.1, 0.15) is 117 Å². The Labute approximate surface area is 402 Å². The van der Waals surface area contributed by atoms with Crippen molar-refractivity contribution in [2.45, 2.75) is 131 Å². The van der Waals surface area contributed by atoms with E-state index in [0.717, 1.165) is 31.4 Å². The van der Waals surface area contributed by atoms with Gasteiger partial charge in [-0.2, -0.15) is 0 Å². The molecule has 0 aliphatic rings. The smallest absolute Gasteiger partial charge is 0.461 e. The van der Waals surface area contributed by atoms with Crippen molar-refractivity contribution in [3.05, 3.63) is 82.4 Å². The monoisotopic (exact) mass is 962 g/mol. The van der Waals surface area contributed by atoms with Crippen LogP contribution in [0.3, 0.4) is 0 Å². The lowest BCUT2D eigenvalue weighted by atomic mass is 9.86. The van der Waals surface area contributed by atoms with Gasteiger partial charge in [0.1, 0.15) is 30.5 Å².